The second kappa shape index (κ2) is 8.66. The molecule has 0 saturated carbocycles. The molecule has 9 heteroatoms. The van der Waals surface area contributed by atoms with Gasteiger partial charge in [0.25, 0.3) is 11.0 Å². The molecule has 1 aliphatic heterocycles. The van der Waals surface area contributed by atoms with Crippen molar-refractivity contribution in [1.82, 2.24) is 19.6 Å². The minimum atomic E-state index is -0.582. The van der Waals surface area contributed by atoms with E-state index in [0.717, 1.165) is 15.6 Å². The third-order valence-corrected chi connectivity index (χ3v) is 6.80. The fourth-order valence-electron chi connectivity index (χ4n) is 3.90. The van der Waals surface area contributed by atoms with E-state index in [1.807, 2.05) is 26.1 Å². The molecule has 4 aromatic rings. The molecule has 3 heterocycles. The number of amides is 1. The van der Waals surface area contributed by atoms with Gasteiger partial charge >= 0.3 is 5.91 Å². The summed E-state index contributed by atoms with van der Waals surface area (Å²) in [6, 6.07) is 12.4. The lowest BCUT2D eigenvalue weighted by Gasteiger charge is -2.22. The number of likely N-dealkylation sites (tertiary alicyclic amines) is 1. The lowest BCUT2D eigenvalue weighted by Crippen LogP contribution is -2.49. The van der Waals surface area contributed by atoms with Crippen molar-refractivity contribution in [3.8, 4) is 28.7 Å². The lowest BCUT2D eigenvalue weighted by atomic mass is 10.2. The van der Waals surface area contributed by atoms with Gasteiger partial charge in [0.05, 0.1) is 13.6 Å². The maximum atomic E-state index is 13.2. The standard InChI is InChI=1S/C25H23N4O4S/c1-15-11-20(31-19-7-5-18(6-8-19)23-27-17(3)28-33-23)13-21(12-15)32-22-9-10-29(4,24(22)30)25-26-14-16(2)34-25/h1,5-8,11-14,22H,9-10H2,2-4H3/q+1. The van der Waals surface area contributed by atoms with Gasteiger partial charge in [-0.25, -0.2) is 9.28 Å². The Morgan fingerprint density at radius 1 is 1.12 bits per heavy atom. The van der Waals surface area contributed by atoms with Crippen molar-refractivity contribution in [2.45, 2.75) is 26.4 Å². The van der Waals surface area contributed by atoms with E-state index < -0.39 is 6.10 Å². The van der Waals surface area contributed by atoms with Crippen LogP contribution in [0.3, 0.4) is 0 Å². The molecule has 172 valence electrons. The van der Waals surface area contributed by atoms with Gasteiger partial charge in [0, 0.05) is 29.1 Å². The maximum absolute atomic E-state index is 13.2. The summed E-state index contributed by atoms with van der Waals surface area (Å²) in [5.41, 5.74) is 1.27. The molecule has 0 N–H and O–H groups in total. The molecule has 1 saturated heterocycles. The van der Waals surface area contributed by atoms with Crippen LogP contribution < -0.4 is 14.0 Å². The van der Waals surface area contributed by atoms with Crippen molar-refractivity contribution in [3.05, 3.63) is 71.9 Å². The van der Waals surface area contributed by atoms with Gasteiger partial charge in [0.2, 0.25) is 6.10 Å². The van der Waals surface area contributed by atoms with Gasteiger partial charge in [-0.1, -0.05) is 16.5 Å². The van der Waals surface area contributed by atoms with Crippen molar-refractivity contribution < 1.29 is 18.8 Å². The third kappa shape index (κ3) is 4.32. The monoisotopic (exact) mass is 475 g/mol. The SMILES string of the molecule is [CH]c1cc(Oc2ccc(-c3nc(C)no3)cc2)cc(OC2CC[N+](C)(c3ncc(C)s3)C2=O)c1. The molecule has 1 amide bonds. The normalized spacial score (nSPS) is 20.0. The molecule has 34 heavy (non-hydrogen) atoms. The number of carbonyl (C=O) groups excluding carboxylic acids is 1. The van der Waals surface area contributed by atoms with Gasteiger partial charge in [-0.3, -0.25) is 0 Å². The van der Waals surface area contributed by atoms with Crippen molar-refractivity contribution in [2.75, 3.05) is 13.6 Å². The Morgan fingerprint density at radius 3 is 2.56 bits per heavy atom. The summed E-state index contributed by atoms with van der Waals surface area (Å²) in [6.07, 6.45) is 1.80. The van der Waals surface area contributed by atoms with Gasteiger partial charge < -0.3 is 14.0 Å². The smallest absolute Gasteiger partial charge is 0.361 e. The first-order valence-electron chi connectivity index (χ1n) is 10.8. The van der Waals surface area contributed by atoms with E-state index >= 15 is 0 Å². The molecule has 1 fully saturated rings. The van der Waals surface area contributed by atoms with E-state index in [-0.39, 0.29) is 10.4 Å². The van der Waals surface area contributed by atoms with Gasteiger partial charge in [-0.05, 0) is 62.7 Å². The number of quaternary nitrogens is 1. The average molecular weight is 476 g/mol. The number of nitrogens with zero attached hydrogens (tertiary/aromatic N) is 4. The number of rotatable bonds is 6. The first-order chi connectivity index (χ1) is 16.3. The highest BCUT2D eigenvalue weighted by Gasteiger charge is 2.50. The van der Waals surface area contributed by atoms with Crippen molar-refractivity contribution >= 4 is 22.4 Å². The number of benzene rings is 2. The molecule has 5 rings (SSSR count). The van der Waals surface area contributed by atoms with E-state index in [2.05, 4.69) is 15.1 Å². The van der Waals surface area contributed by atoms with Gasteiger partial charge in [0.1, 0.15) is 17.2 Å². The number of carbonyl (C=O) groups is 1. The molecule has 2 atom stereocenters. The molecule has 2 aromatic heterocycles. The fraction of sp³-hybridized carbons (Fsp3) is 0.240. The summed E-state index contributed by atoms with van der Waals surface area (Å²) in [6.45, 7) is 10.5. The zero-order chi connectivity index (χ0) is 23.9. The Kier molecular flexibility index (Phi) is 5.66. The number of thiazole rings is 1. The molecule has 8 nitrogen and oxygen atoms in total. The topological polar surface area (TPSA) is 87.3 Å². The Bertz CT molecular complexity index is 1350. The van der Waals surface area contributed by atoms with Crippen LogP contribution in [0.2, 0.25) is 0 Å². The molecule has 2 aromatic carbocycles. The number of likely N-dealkylation sites (N-methyl/N-ethyl adjacent to an activating group) is 1. The number of aryl methyl sites for hydroxylation is 2. The molecule has 0 bridgehead atoms. The van der Waals surface area contributed by atoms with Crippen LogP contribution in [-0.4, -0.2) is 40.7 Å². The Hall–Kier alpha value is -3.56. The van der Waals surface area contributed by atoms with Gasteiger partial charge in [-0.15, -0.1) is 0 Å². The van der Waals surface area contributed by atoms with Crippen LogP contribution in [0.5, 0.6) is 17.2 Å². The van der Waals surface area contributed by atoms with Gasteiger partial charge in [-0.2, -0.15) is 9.97 Å². The zero-order valence-corrected chi connectivity index (χ0v) is 19.8. The minimum Gasteiger partial charge on any atom is -0.476 e. The van der Waals surface area contributed by atoms with E-state index in [9.17, 15) is 4.79 Å². The van der Waals surface area contributed by atoms with Crippen LogP contribution in [0.4, 0.5) is 5.13 Å². The first kappa shape index (κ1) is 22.2. The molecule has 1 aliphatic rings. The largest absolute Gasteiger partial charge is 0.476 e. The highest BCUT2D eigenvalue weighted by molar-refractivity contribution is 7.15. The third-order valence-electron chi connectivity index (χ3n) is 5.68. The number of hydrogen-bond donors (Lipinski definition) is 0. The Morgan fingerprint density at radius 2 is 1.88 bits per heavy atom. The minimum absolute atomic E-state index is 0.0221. The predicted octanol–water partition coefficient (Wildman–Crippen LogP) is 4.98. The summed E-state index contributed by atoms with van der Waals surface area (Å²) in [5.74, 6) is 2.60. The number of aromatic nitrogens is 3. The lowest BCUT2D eigenvalue weighted by molar-refractivity contribution is -0.131. The summed E-state index contributed by atoms with van der Waals surface area (Å²) in [5, 5.41) is 4.59. The second-order valence-electron chi connectivity index (χ2n) is 8.41. The van der Waals surface area contributed by atoms with Crippen LogP contribution >= 0.6 is 11.3 Å². The van der Waals surface area contributed by atoms with E-state index in [0.29, 0.717) is 47.5 Å². The number of ether oxygens (including phenoxy) is 2. The molecular formula is C25H23N4O4S+. The van der Waals surface area contributed by atoms with Crippen LogP contribution in [0.1, 0.15) is 22.7 Å². The number of hydrogen-bond acceptors (Lipinski definition) is 8. The van der Waals surface area contributed by atoms with Gasteiger partial charge in [0.15, 0.2) is 5.82 Å². The summed E-state index contributed by atoms with van der Waals surface area (Å²) in [7, 11) is 1.89. The zero-order valence-electron chi connectivity index (χ0n) is 19.0. The van der Waals surface area contributed by atoms with Crippen LogP contribution in [0, 0.1) is 20.8 Å². The summed E-state index contributed by atoms with van der Waals surface area (Å²) in [4.78, 5) is 22.9. The second-order valence-corrected chi connectivity index (χ2v) is 9.63. The van der Waals surface area contributed by atoms with Crippen molar-refractivity contribution in [1.29, 1.82) is 0 Å². The highest BCUT2D eigenvalue weighted by atomic mass is 32.1. The first-order valence-corrected chi connectivity index (χ1v) is 11.6. The quantitative estimate of drug-likeness (QED) is 0.364. The Balaban J connectivity index is 1.30. The fourth-order valence-corrected chi connectivity index (χ4v) is 4.78. The molecule has 2 unspecified atom stereocenters. The van der Waals surface area contributed by atoms with Crippen molar-refractivity contribution in [3.63, 3.8) is 0 Å². The van der Waals surface area contributed by atoms with Crippen LogP contribution in [-0.2, 0) is 4.79 Å². The highest BCUT2D eigenvalue weighted by Crippen LogP contribution is 2.35. The maximum Gasteiger partial charge on any atom is 0.361 e. The summed E-state index contributed by atoms with van der Waals surface area (Å²) >= 11 is 1.53. The molecule has 0 aliphatic carbocycles. The predicted molar refractivity (Wildman–Crippen MR) is 128 cm³/mol. The Labute approximate surface area is 201 Å². The summed E-state index contributed by atoms with van der Waals surface area (Å²) < 4.78 is 17.4. The van der Waals surface area contributed by atoms with E-state index in [1.54, 1.807) is 43.5 Å². The molecule has 0 spiro atoms. The van der Waals surface area contributed by atoms with E-state index in [1.165, 1.54) is 11.3 Å². The van der Waals surface area contributed by atoms with Crippen LogP contribution in [0.15, 0.2) is 53.2 Å². The van der Waals surface area contributed by atoms with Crippen LogP contribution in [0.25, 0.3) is 11.5 Å². The molecule has 2 radical (unpaired) electrons. The molecular weight excluding hydrogens is 452 g/mol. The van der Waals surface area contributed by atoms with Crippen molar-refractivity contribution in [2.24, 2.45) is 0 Å². The average Bonchev–Trinajstić information content (AvgIpc) is 3.51. The van der Waals surface area contributed by atoms with E-state index in [4.69, 9.17) is 20.9 Å².